The quantitative estimate of drug-likeness (QED) is 0.470. The van der Waals surface area contributed by atoms with Crippen LogP contribution in [0, 0.1) is 0 Å². The van der Waals surface area contributed by atoms with Crippen LogP contribution in [0.4, 0.5) is 0 Å². The van der Waals surface area contributed by atoms with E-state index in [-0.39, 0.29) is 5.70 Å². The normalized spacial score (nSPS) is 17.4. The maximum absolute atomic E-state index is 12.7. The summed E-state index contributed by atoms with van der Waals surface area (Å²) in [5.41, 5.74) is 3.33. The smallest absolute Gasteiger partial charge is 0.364 e. The first-order valence-electron chi connectivity index (χ1n) is 9.47. The Kier molecular flexibility index (Phi) is 4.41. The summed E-state index contributed by atoms with van der Waals surface area (Å²) in [6.45, 7) is 0. The molecule has 0 radical (unpaired) electrons. The van der Waals surface area contributed by atoms with Crippen molar-refractivity contribution >= 4 is 23.2 Å². The number of carbonyl (C=O) groups excluding carboxylic acids is 1. The molecule has 30 heavy (non-hydrogen) atoms. The van der Waals surface area contributed by atoms with Crippen LogP contribution in [-0.4, -0.2) is 19.0 Å². The Balaban J connectivity index is 1.65. The fraction of sp³-hybridized carbons (Fsp3) is 0.0400. The molecule has 0 fully saturated rings. The zero-order valence-electron chi connectivity index (χ0n) is 16.2. The van der Waals surface area contributed by atoms with Crippen molar-refractivity contribution in [3.05, 3.63) is 107 Å². The van der Waals surface area contributed by atoms with E-state index in [2.05, 4.69) is 4.99 Å². The number of benzene rings is 3. The van der Waals surface area contributed by atoms with Crippen LogP contribution < -0.4 is 9.47 Å². The highest BCUT2D eigenvalue weighted by Gasteiger charge is 2.30. The van der Waals surface area contributed by atoms with Crippen LogP contribution in [-0.2, 0) is 9.53 Å². The van der Waals surface area contributed by atoms with Crippen LogP contribution in [0.5, 0.6) is 11.5 Å². The molecule has 3 aromatic carbocycles. The van der Waals surface area contributed by atoms with Gasteiger partial charge < -0.3 is 14.2 Å². The molecule has 0 saturated carbocycles. The molecule has 5 heteroatoms. The standard InChI is InChI=1S/C25H17NO4/c1-28-18-13-11-16(12-14-18)22-15-20(19-9-5-6-10-21(19)29-22)23-25(27)30-24(26-23)17-7-3-2-4-8-17/h2-15H,1H3/b23-20-. The first-order chi connectivity index (χ1) is 14.7. The largest absolute Gasteiger partial charge is 0.497 e. The van der Waals surface area contributed by atoms with Crippen molar-refractivity contribution < 1.29 is 19.0 Å². The van der Waals surface area contributed by atoms with Gasteiger partial charge in [0.2, 0.25) is 5.90 Å². The van der Waals surface area contributed by atoms with Gasteiger partial charge >= 0.3 is 5.97 Å². The monoisotopic (exact) mass is 395 g/mol. The van der Waals surface area contributed by atoms with E-state index >= 15 is 0 Å². The number of methoxy groups -OCH3 is 1. The number of hydrogen-bond acceptors (Lipinski definition) is 5. The second-order valence-electron chi connectivity index (χ2n) is 6.77. The first kappa shape index (κ1) is 17.9. The molecule has 5 rings (SSSR count). The van der Waals surface area contributed by atoms with Crippen molar-refractivity contribution in [1.82, 2.24) is 0 Å². The number of esters is 1. The minimum Gasteiger partial charge on any atom is -0.497 e. The number of fused-ring (bicyclic) bond motifs is 1. The second kappa shape index (κ2) is 7.37. The predicted molar refractivity (Wildman–Crippen MR) is 114 cm³/mol. The van der Waals surface area contributed by atoms with E-state index in [1.165, 1.54) is 0 Å². The molecule has 0 bridgehead atoms. The minimum atomic E-state index is -0.481. The van der Waals surface area contributed by atoms with E-state index in [9.17, 15) is 4.79 Å². The van der Waals surface area contributed by atoms with Gasteiger partial charge in [0.05, 0.1) is 7.11 Å². The lowest BCUT2D eigenvalue weighted by Crippen LogP contribution is -2.08. The molecule has 0 aliphatic carbocycles. The van der Waals surface area contributed by atoms with E-state index < -0.39 is 5.97 Å². The minimum absolute atomic E-state index is 0.260. The number of nitrogens with zero attached hydrogens (tertiary/aromatic N) is 1. The Bertz CT molecular complexity index is 1220. The van der Waals surface area contributed by atoms with Gasteiger partial charge in [-0.3, -0.25) is 0 Å². The van der Waals surface area contributed by atoms with Crippen molar-refractivity contribution in [1.29, 1.82) is 0 Å². The van der Waals surface area contributed by atoms with Crippen molar-refractivity contribution in [2.45, 2.75) is 0 Å². The topological polar surface area (TPSA) is 57.1 Å². The molecule has 0 saturated heterocycles. The molecule has 0 atom stereocenters. The summed E-state index contributed by atoms with van der Waals surface area (Å²) in [6, 6.07) is 24.5. The fourth-order valence-electron chi connectivity index (χ4n) is 3.41. The van der Waals surface area contributed by atoms with Gasteiger partial charge in [-0.2, -0.15) is 0 Å². The molecular weight excluding hydrogens is 378 g/mol. The van der Waals surface area contributed by atoms with E-state index in [0.29, 0.717) is 23.0 Å². The van der Waals surface area contributed by atoms with E-state index in [1.807, 2.05) is 84.9 Å². The SMILES string of the molecule is COc1ccc(C2=C/C(=C3/N=C(c4ccccc4)OC3=O)c3ccccc3O2)cc1. The number of para-hydroxylation sites is 1. The van der Waals surface area contributed by atoms with Crippen molar-refractivity contribution in [3.63, 3.8) is 0 Å². The first-order valence-corrected chi connectivity index (χ1v) is 9.47. The number of aliphatic imine (C=N–C) groups is 1. The average molecular weight is 395 g/mol. The van der Waals surface area contributed by atoms with E-state index in [4.69, 9.17) is 14.2 Å². The predicted octanol–water partition coefficient (Wildman–Crippen LogP) is 4.84. The van der Waals surface area contributed by atoms with Crippen molar-refractivity contribution in [2.75, 3.05) is 7.11 Å². The fourth-order valence-corrected chi connectivity index (χ4v) is 3.41. The number of hydrogen-bond donors (Lipinski definition) is 0. The summed E-state index contributed by atoms with van der Waals surface area (Å²) in [5.74, 6) is 1.85. The summed E-state index contributed by atoms with van der Waals surface area (Å²) in [7, 11) is 1.62. The maximum Gasteiger partial charge on any atom is 0.364 e. The summed E-state index contributed by atoms with van der Waals surface area (Å²) in [5, 5.41) is 0. The summed E-state index contributed by atoms with van der Waals surface area (Å²) >= 11 is 0. The van der Waals surface area contributed by atoms with Gasteiger partial charge in [0.15, 0.2) is 5.70 Å². The summed E-state index contributed by atoms with van der Waals surface area (Å²) in [4.78, 5) is 17.2. The number of cyclic esters (lactones) is 1. The van der Waals surface area contributed by atoms with Gasteiger partial charge in [-0.1, -0.05) is 36.4 Å². The van der Waals surface area contributed by atoms with Crippen molar-refractivity contribution in [2.24, 2.45) is 4.99 Å². The third-order valence-corrected chi connectivity index (χ3v) is 4.92. The zero-order chi connectivity index (χ0) is 20.5. The summed E-state index contributed by atoms with van der Waals surface area (Å²) in [6.07, 6.45) is 1.83. The van der Waals surface area contributed by atoms with Gasteiger partial charge in [-0.25, -0.2) is 9.79 Å². The van der Waals surface area contributed by atoms with Crippen LogP contribution in [0.25, 0.3) is 11.3 Å². The van der Waals surface area contributed by atoms with Gasteiger partial charge in [-0.05, 0) is 48.5 Å². The van der Waals surface area contributed by atoms with Gasteiger partial charge in [-0.15, -0.1) is 0 Å². The van der Waals surface area contributed by atoms with Crippen LogP contribution >= 0.6 is 0 Å². The van der Waals surface area contributed by atoms with Gasteiger partial charge in [0, 0.05) is 22.3 Å². The highest BCUT2D eigenvalue weighted by Crippen LogP contribution is 2.40. The lowest BCUT2D eigenvalue weighted by molar-refractivity contribution is -0.129. The molecule has 5 nitrogen and oxygen atoms in total. The Labute approximate surface area is 173 Å². The Morgan fingerprint density at radius 3 is 2.30 bits per heavy atom. The molecule has 0 N–H and O–H groups in total. The molecular formula is C25H17NO4. The molecule has 0 aromatic heterocycles. The van der Waals surface area contributed by atoms with Crippen LogP contribution in [0.3, 0.4) is 0 Å². The molecule has 0 spiro atoms. The summed E-state index contributed by atoms with van der Waals surface area (Å²) < 4.78 is 16.8. The number of allylic oxidation sites excluding steroid dienone is 2. The lowest BCUT2D eigenvalue weighted by Gasteiger charge is -2.20. The van der Waals surface area contributed by atoms with Crippen molar-refractivity contribution in [3.8, 4) is 11.5 Å². The molecule has 2 aliphatic heterocycles. The Hall–Kier alpha value is -4.12. The molecule has 2 heterocycles. The zero-order valence-corrected chi connectivity index (χ0v) is 16.2. The molecule has 0 unspecified atom stereocenters. The van der Waals surface area contributed by atoms with Gasteiger partial charge in [0.1, 0.15) is 17.3 Å². The number of rotatable bonds is 3. The number of ether oxygens (including phenoxy) is 3. The molecule has 2 aliphatic rings. The second-order valence-corrected chi connectivity index (χ2v) is 6.77. The highest BCUT2D eigenvalue weighted by atomic mass is 16.6. The molecule has 146 valence electrons. The van der Waals surface area contributed by atoms with Gasteiger partial charge in [0.25, 0.3) is 0 Å². The third-order valence-electron chi connectivity index (χ3n) is 4.92. The lowest BCUT2D eigenvalue weighted by atomic mass is 9.97. The Morgan fingerprint density at radius 2 is 1.53 bits per heavy atom. The average Bonchev–Trinajstić information content (AvgIpc) is 3.20. The van der Waals surface area contributed by atoms with Crippen LogP contribution in [0.1, 0.15) is 16.7 Å². The van der Waals surface area contributed by atoms with Crippen LogP contribution in [0.2, 0.25) is 0 Å². The Morgan fingerprint density at radius 1 is 0.800 bits per heavy atom. The third kappa shape index (κ3) is 3.16. The molecule has 3 aromatic rings. The van der Waals surface area contributed by atoms with E-state index in [0.717, 1.165) is 22.4 Å². The molecule has 0 amide bonds. The maximum atomic E-state index is 12.7. The van der Waals surface area contributed by atoms with Crippen LogP contribution in [0.15, 0.2) is 95.6 Å². The van der Waals surface area contributed by atoms with E-state index in [1.54, 1.807) is 7.11 Å². The number of carbonyl (C=O) groups is 1. The highest BCUT2D eigenvalue weighted by molar-refractivity contribution is 6.15.